The number of rotatable bonds is 7. The summed E-state index contributed by atoms with van der Waals surface area (Å²) < 4.78 is 11.5. The van der Waals surface area contributed by atoms with E-state index in [9.17, 15) is 4.79 Å². The maximum atomic E-state index is 13.3. The van der Waals surface area contributed by atoms with Gasteiger partial charge in [0.1, 0.15) is 0 Å². The Morgan fingerprint density at radius 3 is 2.50 bits per heavy atom. The van der Waals surface area contributed by atoms with Crippen LogP contribution in [-0.2, 0) is 0 Å². The van der Waals surface area contributed by atoms with Crippen LogP contribution in [0.4, 0.5) is 5.13 Å². The van der Waals surface area contributed by atoms with Crippen LogP contribution < -0.4 is 14.4 Å². The Kier molecular flexibility index (Phi) is 6.39. The number of methoxy groups -OCH3 is 2. The smallest absolute Gasteiger partial charge is 0.260 e. The van der Waals surface area contributed by atoms with E-state index in [2.05, 4.69) is 4.98 Å². The lowest BCUT2D eigenvalue weighted by atomic mass is 10.1. The van der Waals surface area contributed by atoms with Gasteiger partial charge in [0, 0.05) is 23.7 Å². The Morgan fingerprint density at radius 1 is 1.07 bits per heavy atom. The van der Waals surface area contributed by atoms with Crippen LogP contribution in [-0.4, -0.2) is 57.2 Å². The van der Waals surface area contributed by atoms with Gasteiger partial charge in [0.2, 0.25) is 0 Å². The highest BCUT2D eigenvalue weighted by Gasteiger charge is 2.22. The number of hydrogen-bond acceptors (Lipinski definition) is 6. The van der Waals surface area contributed by atoms with Gasteiger partial charge in [-0.1, -0.05) is 22.9 Å². The van der Waals surface area contributed by atoms with Gasteiger partial charge in [-0.2, -0.15) is 0 Å². The van der Waals surface area contributed by atoms with E-state index in [-0.39, 0.29) is 5.91 Å². The lowest BCUT2D eigenvalue weighted by Crippen LogP contribution is -2.36. The van der Waals surface area contributed by atoms with Crippen LogP contribution in [0, 0.1) is 0 Å². The number of aromatic nitrogens is 1. The molecule has 0 saturated heterocycles. The second-order valence-corrected chi connectivity index (χ2v) is 7.88. The molecule has 1 amide bonds. The molecular weight excluding hydrogens is 398 g/mol. The van der Waals surface area contributed by atoms with Gasteiger partial charge in [-0.05, 0) is 50.5 Å². The van der Waals surface area contributed by atoms with E-state index in [1.54, 1.807) is 43.4 Å². The quantitative estimate of drug-likeness (QED) is 0.575. The number of thiazole rings is 1. The van der Waals surface area contributed by atoms with Gasteiger partial charge in [0.25, 0.3) is 5.91 Å². The predicted octanol–water partition coefficient (Wildman–Crippen LogP) is 4.18. The van der Waals surface area contributed by atoms with Crippen molar-refractivity contribution in [3.8, 4) is 11.5 Å². The van der Waals surface area contributed by atoms with E-state index in [1.165, 1.54) is 11.3 Å². The first-order valence-electron chi connectivity index (χ1n) is 8.67. The zero-order chi connectivity index (χ0) is 20.3. The second kappa shape index (κ2) is 8.77. The van der Waals surface area contributed by atoms with Crippen LogP contribution in [0.1, 0.15) is 10.4 Å². The number of halogens is 1. The first kappa shape index (κ1) is 20.4. The first-order chi connectivity index (χ1) is 13.4. The number of carbonyl (C=O) groups excluding carboxylic acids is 1. The molecule has 148 valence electrons. The van der Waals surface area contributed by atoms with Gasteiger partial charge in [0.15, 0.2) is 16.6 Å². The van der Waals surface area contributed by atoms with E-state index >= 15 is 0 Å². The number of carbonyl (C=O) groups is 1. The molecule has 8 heteroatoms. The summed E-state index contributed by atoms with van der Waals surface area (Å²) in [7, 11) is 7.05. The minimum Gasteiger partial charge on any atom is -0.493 e. The molecule has 0 saturated carbocycles. The number of likely N-dealkylation sites (N-methyl/N-ethyl adjacent to an activating group) is 1. The standard InChI is InChI=1S/C20H22ClN3O3S/c1-23(2)9-10-24(20-22-15-7-6-14(21)12-18(15)28-20)19(25)13-5-8-16(26-3)17(11-13)27-4/h5-8,11-12H,9-10H2,1-4H3. The molecule has 0 unspecified atom stereocenters. The number of anilines is 1. The fourth-order valence-electron chi connectivity index (χ4n) is 2.71. The van der Waals surface area contributed by atoms with Crippen molar-refractivity contribution in [1.29, 1.82) is 0 Å². The number of fused-ring (bicyclic) bond motifs is 1. The monoisotopic (exact) mass is 419 g/mol. The highest BCUT2D eigenvalue weighted by molar-refractivity contribution is 7.22. The van der Waals surface area contributed by atoms with Crippen molar-refractivity contribution >= 4 is 44.2 Å². The molecule has 0 fully saturated rings. The highest BCUT2D eigenvalue weighted by Crippen LogP contribution is 2.33. The molecule has 0 bridgehead atoms. The molecule has 6 nitrogen and oxygen atoms in total. The Labute approximate surface area is 173 Å². The molecule has 1 aromatic heterocycles. The van der Waals surface area contributed by atoms with Crippen LogP contribution in [0.3, 0.4) is 0 Å². The molecule has 1 heterocycles. The molecule has 3 aromatic rings. The zero-order valence-corrected chi connectivity index (χ0v) is 17.8. The molecule has 28 heavy (non-hydrogen) atoms. The van der Waals surface area contributed by atoms with Crippen molar-refractivity contribution in [3.63, 3.8) is 0 Å². The van der Waals surface area contributed by atoms with Gasteiger partial charge in [-0.25, -0.2) is 4.98 Å². The number of nitrogens with zero attached hydrogens (tertiary/aromatic N) is 3. The average molecular weight is 420 g/mol. The zero-order valence-electron chi connectivity index (χ0n) is 16.2. The summed E-state index contributed by atoms with van der Waals surface area (Å²) in [5.41, 5.74) is 1.33. The van der Waals surface area contributed by atoms with Crippen molar-refractivity contribution in [2.75, 3.05) is 46.3 Å². The average Bonchev–Trinajstić information content (AvgIpc) is 3.09. The summed E-state index contributed by atoms with van der Waals surface area (Å²) in [4.78, 5) is 21.7. The maximum absolute atomic E-state index is 13.3. The van der Waals surface area contributed by atoms with Crippen LogP contribution >= 0.6 is 22.9 Å². The van der Waals surface area contributed by atoms with E-state index in [0.29, 0.717) is 40.3 Å². The van der Waals surface area contributed by atoms with E-state index < -0.39 is 0 Å². The summed E-state index contributed by atoms with van der Waals surface area (Å²) >= 11 is 7.54. The summed E-state index contributed by atoms with van der Waals surface area (Å²) in [5, 5.41) is 1.28. The van der Waals surface area contributed by atoms with Gasteiger partial charge in [0.05, 0.1) is 24.4 Å². The number of ether oxygens (including phenoxy) is 2. The molecule has 0 radical (unpaired) electrons. The Balaban J connectivity index is 1.99. The molecule has 0 aliphatic heterocycles. The second-order valence-electron chi connectivity index (χ2n) is 6.44. The molecular formula is C20H22ClN3O3S. The Morgan fingerprint density at radius 2 is 1.82 bits per heavy atom. The topological polar surface area (TPSA) is 54.9 Å². The van der Waals surface area contributed by atoms with Gasteiger partial charge >= 0.3 is 0 Å². The SMILES string of the molecule is COc1ccc(C(=O)N(CCN(C)C)c2nc3ccc(Cl)cc3s2)cc1OC. The van der Waals surface area contributed by atoms with Crippen molar-refractivity contribution in [3.05, 3.63) is 47.0 Å². The van der Waals surface area contributed by atoms with Crippen LogP contribution in [0.15, 0.2) is 36.4 Å². The van der Waals surface area contributed by atoms with Crippen LogP contribution in [0.25, 0.3) is 10.2 Å². The number of benzene rings is 2. The van der Waals surface area contributed by atoms with E-state index in [4.69, 9.17) is 21.1 Å². The fraction of sp³-hybridized carbons (Fsp3) is 0.300. The van der Waals surface area contributed by atoms with Gasteiger partial charge < -0.3 is 14.4 Å². The minimum atomic E-state index is -0.145. The molecule has 0 spiro atoms. The third kappa shape index (κ3) is 4.38. The maximum Gasteiger partial charge on any atom is 0.260 e. The van der Waals surface area contributed by atoms with E-state index in [1.807, 2.05) is 31.1 Å². The van der Waals surface area contributed by atoms with Crippen molar-refractivity contribution in [2.45, 2.75) is 0 Å². The van der Waals surface area contributed by atoms with Crippen molar-refractivity contribution < 1.29 is 14.3 Å². The summed E-state index contributed by atoms with van der Waals surface area (Å²) in [6, 6.07) is 10.7. The lowest BCUT2D eigenvalue weighted by Gasteiger charge is -2.22. The number of hydrogen-bond donors (Lipinski definition) is 0. The normalized spacial score (nSPS) is 11.1. The van der Waals surface area contributed by atoms with Crippen molar-refractivity contribution in [1.82, 2.24) is 9.88 Å². The minimum absolute atomic E-state index is 0.145. The highest BCUT2D eigenvalue weighted by atomic mass is 35.5. The van der Waals surface area contributed by atoms with E-state index in [0.717, 1.165) is 10.2 Å². The summed E-state index contributed by atoms with van der Waals surface area (Å²) in [6.07, 6.45) is 0. The summed E-state index contributed by atoms with van der Waals surface area (Å²) in [6.45, 7) is 1.21. The van der Waals surface area contributed by atoms with Crippen LogP contribution in [0.5, 0.6) is 11.5 Å². The Bertz CT molecular complexity index is 990. The Hall–Kier alpha value is -2.35. The third-order valence-corrected chi connectivity index (χ3v) is 5.49. The fourth-order valence-corrected chi connectivity index (χ4v) is 3.98. The molecule has 0 aliphatic rings. The number of amides is 1. The third-order valence-electron chi connectivity index (χ3n) is 4.22. The van der Waals surface area contributed by atoms with Gasteiger partial charge in [-0.15, -0.1) is 0 Å². The molecule has 0 N–H and O–H groups in total. The first-order valence-corrected chi connectivity index (χ1v) is 9.87. The lowest BCUT2D eigenvalue weighted by molar-refractivity contribution is 0.0985. The van der Waals surface area contributed by atoms with Crippen molar-refractivity contribution in [2.24, 2.45) is 0 Å². The van der Waals surface area contributed by atoms with Gasteiger partial charge in [-0.3, -0.25) is 9.69 Å². The molecule has 0 aliphatic carbocycles. The van der Waals surface area contributed by atoms with Crippen LogP contribution in [0.2, 0.25) is 5.02 Å². The molecule has 3 rings (SSSR count). The largest absolute Gasteiger partial charge is 0.493 e. The summed E-state index contributed by atoms with van der Waals surface area (Å²) in [5.74, 6) is 0.943. The molecule has 0 atom stereocenters. The predicted molar refractivity (Wildman–Crippen MR) is 114 cm³/mol. The molecule has 2 aromatic carbocycles.